The van der Waals surface area contributed by atoms with Crippen LogP contribution in [0.1, 0.15) is 35.9 Å². The fraction of sp³-hybridized carbons (Fsp3) is 0.333. The monoisotopic (exact) mass is 359 g/mol. The van der Waals surface area contributed by atoms with E-state index in [0.717, 1.165) is 4.90 Å². The van der Waals surface area contributed by atoms with Crippen LogP contribution in [0.25, 0.3) is 5.69 Å². The summed E-state index contributed by atoms with van der Waals surface area (Å²) in [4.78, 5) is 37.9. The number of aryl methyl sites for hydroxylation is 1. The number of carbonyl (C=O) groups excluding carboxylic acids is 1. The Balaban J connectivity index is 2.10. The number of likely N-dealkylation sites (tertiary alicyclic amines) is 1. The summed E-state index contributed by atoms with van der Waals surface area (Å²) in [6, 6.07) is 7.05. The van der Waals surface area contributed by atoms with Crippen molar-refractivity contribution >= 4 is 11.9 Å². The van der Waals surface area contributed by atoms with E-state index in [0.29, 0.717) is 18.5 Å². The average Bonchev–Trinajstić information content (AvgIpc) is 2.99. The first-order valence-electron chi connectivity index (χ1n) is 8.17. The molecule has 1 unspecified atom stereocenters. The van der Waals surface area contributed by atoms with Crippen LogP contribution in [0, 0.1) is 12.7 Å². The zero-order chi connectivity index (χ0) is 19.1. The largest absolute Gasteiger partial charge is 0.480 e. The molecule has 1 fully saturated rings. The normalized spacial score (nSPS) is 19.6. The van der Waals surface area contributed by atoms with E-state index in [1.807, 2.05) is 0 Å². The summed E-state index contributed by atoms with van der Waals surface area (Å²) in [6.07, 6.45) is 0.809. The van der Waals surface area contributed by atoms with E-state index in [4.69, 9.17) is 0 Å². The maximum atomic E-state index is 14.1. The summed E-state index contributed by atoms with van der Waals surface area (Å²) in [5, 5.41) is 13.5. The molecule has 1 aliphatic rings. The number of carboxylic acid groups (broad SMARTS) is 1. The van der Waals surface area contributed by atoms with Crippen molar-refractivity contribution in [2.45, 2.75) is 32.2 Å². The Morgan fingerprint density at radius 3 is 2.65 bits per heavy atom. The Hall–Kier alpha value is -3.03. The van der Waals surface area contributed by atoms with Gasteiger partial charge >= 0.3 is 5.97 Å². The molecule has 1 aliphatic heterocycles. The van der Waals surface area contributed by atoms with Crippen LogP contribution in [-0.2, 0) is 4.79 Å². The highest BCUT2D eigenvalue weighted by Crippen LogP contribution is 2.30. The van der Waals surface area contributed by atoms with Crippen LogP contribution in [0.2, 0.25) is 0 Å². The maximum absolute atomic E-state index is 14.1. The lowest BCUT2D eigenvalue weighted by molar-refractivity contribution is -0.147. The third-order valence-electron chi connectivity index (χ3n) is 4.74. The fourth-order valence-electron chi connectivity index (χ4n) is 3.20. The number of halogens is 1. The number of benzene rings is 1. The number of hydrogen-bond donors (Lipinski definition) is 1. The Kier molecular flexibility index (Phi) is 4.35. The molecule has 0 radical (unpaired) electrons. The van der Waals surface area contributed by atoms with Gasteiger partial charge in [-0.25, -0.2) is 13.9 Å². The Morgan fingerprint density at radius 2 is 2.00 bits per heavy atom. The lowest BCUT2D eigenvalue weighted by atomic mass is 9.99. The van der Waals surface area contributed by atoms with Crippen molar-refractivity contribution < 1.29 is 19.1 Å². The number of nitrogens with zero attached hydrogens (tertiary/aromatic N) is 3. The van der Waals surface area contributed by atoms with Crippen molar-refractivity contribution in [2.24, 2.45) is 0 Å². The quantitative estimate of drug-likeness (QED) is 0.901. The zero-order valence-electron chi connectivity index (χ0n) is 14.4. The maximum Gasteiger partial charge on any atom is 0.329 e. The molecule has 1 aromatic carbocycles. The molecule has 1 saturated heterocycles. The highest BCUT2D eigenvalue weighted by atomic mass is 19.1. The molecule has 0 saturated carbocycles. The van der Waals surface area contributed by atoms with E-state index in [1.54, 1.807) is 13.0 Å². The molecule has 0 bridgehead atoms. The van der Waals surface area contributed by atoms with Gasteiger partial charge in [0.1, 0.15) is 17.0 Å². The van der Waals surface area contributed by atoms with E-state index in [9.17, 15) is 23.9 Å². The molecule has 2 aromatic rings. The molecule has 1 amide bonds. The highest BCUT2D eigenvalue weighted by Gasteiger charge is 2.47. The molecular weight excluding hydrogens is 341 g/mol. The van der Waals surface area contributed by atoms with Crippen LogP contribution < -0.4 is 5.43 Å². The summed E-state index contributed by atoms with van der Waals surface area (Å²) < 4.78 is 15.3. The lowest BCUT2D eigenvalue weighted by Crippen LogP contribution is -2.52. The Bertz CT molecular complexity index is 956. The molecule has 1 atom stereocenters. The van der Waals surface area contributed by atoms with Gasteiger partial charge in [0.25, 0.3) is 5.91 Å². The minimum absolute atomic E-state index is 0.0986. The fourth-order valence-corrected chi connectivity index (χ4v) is 3.20. The number of amides is 1. The molecule has 1 aromatic heterocycles. The van der Waals surface area contributed by atoms with Gasteiger partial charge in [0.15, 0.2) is 5.69 Å². The number of carboxylic acids is 1. The molecule has 26 heavy (non-hydrogen) atoms. The first kappa shape index (κ1) is 17.8. The van der Waals surface area contributed by atoms with Crippen LogP contribution in [0.15, 0.2) is 35.1 Å². The SMILES string of the molecule is Cc1cc(=O)c(C(=O)N2CCCC2(C)C(=O)O)nn1-c1ccccc1F. The second-order valence-electron chi connectivity index (χ2n) is 6.50. The molecule has 0 spiro atoms. The minimum Gasteiger partial charge on any atom is -0.480 e. The number of hydrogen-bond acceptors (Lipinski definition) is 4. The van der Waals surface area contributed by atoms with E-state index in [1.165, 1.54) is 35.9 Å². The number of para-hydroxylation sites is 1. The van der Waals surface area contributed by atoms with Crippen LogP contribution in [0.5, 0.6) is 0 Å². The van der Waals surface area contributed by atoms with E-state index in [2.05, 4.69) is 5.10 Å². The Morgan fingerprint density at radius 1 is 1.31 bits per heavy atom. The zero-order valence-corrected chi connectivity index (χ0v) is 14.4. The van der Waals surface area contributed by atoms with Crippen molar-refractivity contribution in [2.75, 3.05) is 6.54 Å². The van der Waals surface area contributed by atoms with E-state index >= 15 is 0 Å². The predicted molar refractivity (Wildman–Crippen MR) is 90.8 cm³/mol. The van der Waals surface area contributed by atoms with Crippen molar-refractivity contribution in [3.05, 3.63) is 57.8 Å². The predicted octanol–water partition coefficient (Wildman–Crippen LogP) is 1.76. The number of aromatic nitrogens is 2. The summed E-state index contributed by atoms with van der Waals surface area (Å²) >= 11 is 0. The van der Waals surface area contributed by atoms with Gasteiger partial charge in [-0.2, -0.15) is 5.10 Å². The van der Waals surface area contributed by atoms with Gasteiger partial charge in [-0.3, -0.25) is 9.59 Å². The van der Waals surface area contributed by atoms with E-state index in [-0.39, 0.29) is 12.2 Å². The number of rotatable bonds is 3. The summed E-state index contributed by atoms with van der Waals surface area (Å²) in [5.41, 5.74) is -1.98. The molecule has 8 heteroatoms. The minimum atomic E-state index is -1.39. The molecule has 2 heterocycles. The first-order valence-corrected chi connectivity index (χ1v) is 8.17. The van der Waals surface area contributed by atoms with Crippen LogP contribution in [0.4, 0.5) is 4.39 Å². The second kappa shape index (κ2) is 6.36. The summed E-state index contributed by atoms with van der Waals surface area (Å²) in [7, 11) is 0. The van der Waals surface area contributed by atoms with Crippen molar-refractivity contribution in [1.29, 1.82) is 0 Å². The smallest absolute Gasteiger partial charge is 0.329 e. The van der Waals surface area contributed by atoms with Crippen molar-refractivity contribution in [3.8, 4) is 5.69 Å². The number of aliphatic carboxylic acids is 1. The third kappa shape index (κ3) is 2.77. The van der Waals surface area contributed by atoms with Crippen LogP contribution >= 0.6 is 0 Å². The van der Waals surface area contributed by atoms with Gasteiger partial charge in [-0.1, -0.05) is 12.1 Å². The molecule has 1 N–H and O–H groups in total. The lowest BCUT2D eigenvalue weighted by Gasteiger charge is -2.30. The molecule has 0 aliphatic carbocycles. The average molecular weight is 359 g/mol. The third-order valence-corrected chi connectivity index (χ3v) is 4.74. The summed E-state index contributed by atoms with van der Waals surface area (Å²) in [5.74, 6) is -2.45. The van der Waals surface area contributed by atoms with Gasteiger partial charge in [0.05, 0.1) is 0 Å². The van der Waals surface area contributed by atoms with Crippen molar-refractivity contribution in [3.63, 3.8) is 0 Å². The molecule has 136 valence electrons. The van der Waals surface area contributed by atoms with Gasteiger partial charge in [-0.05, 0) is 38.8 Å². The Labute approximate surface area is 148 Å². The molecule has 7 nitrogen and oxygen atoms in total. The first-order chi connectivity index (χ1) is 12.3. The highest BCUT2D eigenvalue weighted by molar-refractivity contribution is 5.96. The number of carbonyl (C=O) groups is 2. The van der Waals surface area contributed by atoms with Crippen LogP contribution in [0.3, 0.4) is 0 Å². The molecular formula is C18H18FN3O4. The van der Waals surface area contributed by atoms with Crippen molar-refractivity contribution in [1.82, 2.24) is 14.7 Å². The summed E-state index contributed by atoms with van der Waals surface area (Å²) in [6.45, 7) is 3.24. The van der Waals surface area contributed by atoms with Crippen LogP contribution in [-0.4, -0.2) is 43.7 Å². The van der Waals surface area contributed by atoms with E-state index < -0.39 is 34.4 Å². The topological polar surface area (TPSA) is 92.5 Å². The van der Waals surface area contributed by atoms with Gasteiger partial charge in [0, 0.05) is 18.3 Å². The molecule has 3 rings (SSSR count). The standard InChI is InChI=1S/C18H18FN3O4/c1-11-10-14(23)15(20-22(11)13-7-4-3-6-12(13)19)16(24)21-9-5-8-18(21,2)17(25)26/h3-4,6-7,10H,5,8-9H2,1-2H3,(H,25,26). The van der Waals surface area contributed by atoms with Gasteiger partial charge < -0.3 is 10.0 Å². The van der Waals surface area contributed by atoms with Gasteiger partial charge in [-0.15, -0.1) is 0 Å². The second-order valence-corrected chi connectivity index (χ2v) is 6.50. The van der Waals surface area contributed by atoms with Gasteiger partial charge in [0.2, 0.25) is 5.43 Å².